The van der Waals surface area contributed by atoms with Crippen molar-refractivity contribution in [2.75, 3.05) is 32.4 Å². The van der Waals surface area contributed by atoms with Crippen LogP contribution in [0, 0.1) is 0 Å². The van der Waals surface area contributed by atoms with Gasteiger partial charge >= 0.3 is 0 Å². The zero-order valence-electron chi connectivity index (χ0n) is 16.4. The summed E-state index contributed by atoms with van der Waals surface area (Å²) in [4.78, 5) is 16.6. The van der Waals surface area contributed by atoms with Crippen LogP contribution in [-0.4, -0.2) is 51.7 Å². The fraction of sp³-hybridized carbons (Fsp3) is 0.450. The Kier molecular flexibility index (Phi) is 7.70. The van der Waals surface area contributed by atoms with E-state index in [0.29, 0.717) is 24.4 Å². The third-order valence-corrected chi connectivity index (χ3v) is 7.14. The summed E-state index contributed by atoms with van der Waals surface area (Å²) in [7, 11) is -3.20. The Bertz CT molecular complexity index is 940. The predicted octanol–water partition coefficient (Wildman–Crippen LogP) is 3.06. The molecule has 1 unspecified atom stereocenters. The molecule has 0 saturated carbocycles. The first-order chi connectivity index (χ1) is 13.8. The zero-order chi connectivity index (χ0) is 20.9. The molecule has 0 aliphatic carbocycles. The van der Waals surface area contributed by atoms with Crippen LogP contribution >= 0.6 is 22.9 Å². The lowest BCUT2D eigenvalue weighted by molar-refractivity contribution is 0.0942. The summed E-state index contributed by atoms with van der Waals surface area (Å²) in [5, 5.41) is 3.77. The van der Waals surface area contributed by atoms with E-state index in [2.05, 4.69) is 14.9 Å². The normalized spacial score (nSPS) is 16.1. The van der Waals surface area contributed by atoms with E-state index in [9.17, 15) is 13.2 Å². The number of amides is 1. The summed E-state index contributed by atoms with van der Waals surface area (Å²) >= 11 is 7.82. The van der Waals surface area contributed by atoms with E-state index in [4.69, 9.17) is 11.6 Å². The molecular weight excluding hydrogens is 430 g/mol. The quantitative estimate of drug-likeness (QED) is 0.609. The van der Waals surface area contributed by atoms with Gasteiger partial charge in [-0.15, -0.1) is 11.3 Å². The largest absolute Gasteiger partial charge is 0.349 e. The maximum Gasteiger partial charge on any atom is 0.261 e. The van der Waals surface area contributed by atoms with Crippen molar-refractivity contribution in [3.63, 3.8) is 0 Å². The SMILES string of the molecule is CS(=O)(=O)NCCc1ccc(C(=O)NCC(c2ccccc2Cl)N2CCCC2)s1. The molecule has 0 spiro atoms. The van der Waals surface area contributed by atoms with Gasteiger partial charge in [-0.1, -0.05) is 29.8 Å². The second kappa shape index (κ2) is 10.0. The number of hydrogen-bond donors (Lipinski definition) is 2. The Morgan fingerprint density at radius 1 is 1.21 bits per heavy atom. The maximum atomic E-state index is 12.7. The molecule has 1 aromatic carbocycles. The van der Waals surface area contributed by atoms with Crippen molar-refractivity contribution in [1.29, 1.82) is 0 Å². The molecule has 3 rings (SSSR count). The zero-order valence-corrected chi connectivity index (χ0v) is 18.7. The molecule has 1 aliphatic heterocycles. The van der Waals surface area contributed by atoms with E-state index in [1.165, 1.54) is 11.3 Å². The maximum absolute atomic E-state index is 12.7. The summed E-state index contributed by atoms with van der Waals surface area (Å²) < 4.78 is 24.8. The molecule has 9 heteroatoms. The average molecular weight is 456 g/mol. The fourth-order valence-electron chi connectivity index (χ4n) is 3.50. The Morgan fingerprint density at radius 3 is 2.62 bits per heavy atom. The smallest absolute Gasteiger partial charge is 0.261 e. The van der Waals surface area contributed by atoms with Crippen LogP contribution < -0.4 is 10.0 Å². The van der Waals surface area contributed by atoms with Gasteiger partial charge < -0.3 is 5.32 Å². The molecular formula is C20H26ClN3O3S2. The fourth-order valence-corrected chi connectivity index (χ4v) is 5.16. The molecule has 1 saturated heterocycles. The van der Waals surface area contributed by atoms with Gasteiger partial charge in [0.25, 0.3) is 5.91 Å². The number of benzene rings is 1. The summed E-state index contributed by atoms with van der Waals surface area (Å²) in [6.45, 7) is 2.82. The van der Waals surface area contributed by atoms with Gasteiger partial charge in [0.1, 0.15) is 0 Å². The Balaban J connectivity index is 1.61. The predicted molar refractivity (Wildman–Crippen MR) is 118 cm³/mol. The molecule has 1 fully saturated rings. The van der Waals surface area contributed by atoms with Gasteiger partial charge in [-0.2, -0.15) is 0 Å². The number of thiophene rings is 1. The number of nitrogens with one attached hydrogen (secondary N) is 2. The van der Waals surface area contributed by atoms with Crippen molar-refractivity contribution in [3.05, 3.63) is 56.7 Å². The Labute approximate surface area is 181 Å². The van der Waals surface area contributed by atoms with Crippen LogP contribution in [0.3, 0.4) is 0 Å². The minimum absolute atomic E-state index is 0.0496. The van der Waals surface area contributed by atoms with Crippen LogP contribution in [0.15, 0.2) is 36.4 Å². The van der Waals surface area contributed by atoms with E-state index < -0.39 is 10.0 Å². The third kappa shape index (κ3) is 6.52. The highest BCUT2D eigenvalue weighted by Gasteiger charge is 2.25. The molecule has 1 atom stereocenters. The second-order valence-electron chi connectivity index (χ2n) is 7.17. The van der Waals surface area contributed by atoms with Gasteiger partial charge in [0.15, 0.2) is 0 Å². The van der Waals surface area contributed by atoms with Gasteiger partial charge in [-0.05, 0) is 56.1 Å². The van der Waals surface area contributed by atoms with Crippen molar-refractivity contribution in [1.82, 2.24) is 14.9 Å². The molecule has 1 amide bonds. The first-order valence-electron chi connectivity index (χ1n) is 9.63. The van der Waals surface area contributed by atoms with Gasteiger partial charge in [-0.3, -0.25) is 9.69 Å². The first kappa shape index (κ1) is 22.2. The molecule has 158 valence electrons. The van der Waals surface area contributed by atoms with Crippen LogP contribution in [-0.2, 0) is 16.4 Å². The topological polar surface area (TPSA) is 78.5 Å². The number of rotatable bonds is 9. The summed E-state index contributed by atoms with van der Waals surface area (Å²) in [6, 6.07) is 11.5. The van der Waals surface area contributed by atoms with Gasteiger partial charge in [0.05, 0.1) is 17.2 Å². The van der Waals surface area contributed by atoms with Crippen LogP contribution in [0.5, 0.6) is 0 Å². The van der Waals surface area contributed by atoms with Crippen molar-refractivity contribution >= 4 is 38.9 Å². The van der Waals surface area contributed by atoms with E-state index in [-0.39, 0.29) is 11.9 Å². The number of sulfonamides is 1. The minimum Gasteiger partial charge on any atom is -0.349 e. The lowest BCUT2D eigenvalue weighted by atomic mass is 10.1. The highest BCUT2D eigenvalue weighted by molar-refractivity contribution is 7.88. The first-order valence-corrected chi connectivity index (χ1v) is 12.7. The number of likely N-dealkylation sites (tertiary alicyclic amines) is 1. The van der Waals surface area contributed by atoms with E-state index in [1.807, 2.05) is 30.3 Å². The molecule has 2 N–H and O–H groups in total. The molecule has 0 radical (unpaired) electrons. The lowest BCUT2D eigenvalue weighted by Crippen LogP contribution is -2.36. The summed E-state index contributed by atoms with van der Waals surface area (Å²) in [5.41, 5.74) is 1.04. The molecule has 1 aromatic heterocycles. The van der Waals surface area contributed by atoms with Crippen LogP contribution in [0.25, 0.3) is 0 Å². The van der Waals surface area contributed by atoms with Gasteiger partial charge in [-0.25, -0.2) is 13.1 Å². The molecule has 0 bridgehead atoms. The van der Waals surface area contributed by atoms with Crippen molar-refractivity contribution in [2.24, 2.45) is 0 Å². The third-order valence-electron chi connectivity index (χ3n) is 4.92. The number of carbonyl (C=O) groups excluding carboxylic acids is 1. The van der Waals surface area contributed by atoms with E-state index >= 15 is 0 Å². The molecule has 29 heavy (non-hydrogen) atoms. The number of carbonyl (C=O) groups is 1. The van der Waals surface area contributed by atoms with Crippen LogP contribution in [0.2, 0.25) is 5.02 Å². The number of hydrogen-bond acceptors (Lipinski definition) is 5. The second-order valence-corrected chi connectivity index (χ2v) is 10.6. The highest BCUT2D eigenvalue weighted by Crippen LogP contribution is 2.30. The molecule has 2 heterocycles. The minimum atomic E-state index is -3.20. The van der Waals surface area contributed by atoms with Crippen molar-refractivity contribution < 1.29 is 13.2 Å². The molecule has 2 aromatic rings. The van der Waals surface area contributed by atoms with Crippen LogP contribution in [0.4, 0.5) is 0 Å². The van der Waals surface area contributed by atoms with E-state index in [0.717, 1.165) is 47.7 Å². The molecule has 6 nitrogen and oxygen atoms in total. The average Bonchev–Trinajstić information content (AvgIpc) is 3.34. The monoisotopic (exact) mass is 455 g/mol. The molecule has 1 aliphatic rings. The number of nitrogens with zero attached hydrogens (tertiary/aromatic N) is 1. The van der Waals surface area contributed by atoms with Gasteiger partial charge in [0, 0.05) is 23.0 Å². The van der Waals surface area contributed by atoms with Gasteiger partial charge in [0.2, 0.25) is 10.0 Å². The van der Waals surface area contributed by atoms with Crippen molar-refractivity contribution in [2.45, 2.75) is 25.3 Å². The Hall–Kier alpha value is -1.45. The number of halogens is 1. The summed E-state index contributed by atoms with van der Waals surface area (Å²) in [6.07, 6.45) is 4.01. The standard InChI is InChI=1S/C20H26ClN3O3S2/c1-29(26,27)23-11-10-15-8-9-19(28-15)20(25)22-14-18(24-12-4-5-13-24)16-6-2-3-7-17(16)21/h2-3,6-9,18,23H,4-5,10-14H2,1H3,(H,22,25). The summed E-state index contributed by atoms with van der Waals surface area (Å²) in [5.74, 6) is -0.117. The van der Waals surface area contributed by atoms with E-state index in [1.54, 1.807) is 6.07 Å². The Morgan fingerprint density at radius 2 is 1.93 bits per heavy atom. The van der Waals surface area contributed by atoms with Crippen LogP contribution in [0.1, 0.15) is 39.0 Å². The van der Waals surface area contributed by atoms with Crippen molar-refractivity contribution in [3.8, 4) is 0 Å². The highest BCUT2D eigenvalue weighted by atomic mass is 35.5. The lowest BCUT2D eigenvalue weighted by Gasteiger charge is -2.28.